The van der Waals surface area contributed by atoms with Gasteiger partial charge in [-0.3, -0.25) is 9.63 Å². The van der Waals surface area contributed by atoms with E-state index in [9.17, 15) is 15.0 Å². The highest BCUT2D eigenvalue weighted by atomic mass is 127. The van der Waals surface area contributed by atoms with Crippen LogP contribution in [0.4, 0.5) is 0 Å². The van der Waals surface area contributed by atoms with Crippen molar-refractivity contribution in [2.75, 3.05) is 6.61 Å². The number of nitrogens with one attached hydrogen (secondary N) is 1. The minimum atomic E-state index is -0.785. The number of aliphatic hydroxyl groups excluding tert-OH is 2. The number of halogens is 1. The van der Waals surface area contributed by atoms with Crippen LogP contribution < -0.4 is 5.32 Å². The molecular formula is C25H37IN2O4. The molecule has 1 aromatic carbocycles. The first-order valence-corrected chi connectivity index (χ1v) is 12.9. The molecule has 178 valence electrons. The van der Waals surface area contributed by atoms with Crippen LogP contribution in [0.2, 0.25) is 0 Å². The van der Waals surface area contributed by atoms with Crippen molar-refractivity contribution in [2.24, 2.45) is 29.1 Å². The summed E-state index contributed by atoms with van der Waals surface area (Å²) in [6.07, 6.45) is 0.851. The Morgan fingerprint density at radius 2 is 2.06 bits per heavy atom. The molecule has 1 aliphatic heterocycles. The van der Waals surface area contributed by atoms with Gasteiger partial charge in [0.05, 0.1) is 18.8 Å². The van der Waals surface area contributed by atoms with Crippen LogP contribution in [0.15, 0.2) is 24.3 Å². The van der Waals surface area contributed by atoms with Crippen LogP contribution in [0.5, 0.6) is 0 Å². The molecule has 1 aromatic rings. The fourth-order valence-electron chi connectivity index (χ4n) is 6.54. The molecule has 32 heavy (non-hydrogen) atoms. The second-order valence-corrected chi connectivity index (χ2v) is 12.0. The highest BCUT2D eigenvalue weighted by Crippen LogP contribution is 2.61. The highest BCUT2D eigenvalue weighted by molar-refractivity contribution is 14.1. The number of benzene rings is 1. The summed E-state index contributed by atoms with van der Waals surface area (Å²) in [6, 6.07) is 7.38. The van der Waals surface area contributed by atoms with Crippen molar-refractivity contribution in [1.29, 1.82) is 0 Å². The molecule has 3 saturated carbocycles. The van der Waals surface area contributed by atoms with Gasteiger partial charge in [0.1, 0.15) is 12.1 Å². The lowest BCUT2D eigenvalue weighted by molar-refractivity contribution is -0.197. The minimum Gasteiger partial charge on any atom is -0.394 e. The van der Waals surface area contributed by atoms with Gasteiger partial charge in [0, 0.05) is 15.5 Å². The lowest BCUT2D eigenvalue weighted by Gasteiger charge is -2.62. The summed E-state index contributed by atoms with van der Waals surface area (Å²) in [5, 5.41) is 25.6. The molecule has 4 fully saturated rings. The van der Waals surface area contributed by atoms with E-state index in [1.54, 1.807) is 12.0 Å². The smallest absolute Gasteiger partial charge is 0.240 e. The van der Waals surface area contributed by atoms with Crippen molar-refractivity contribution in [2.45, 2.75) is 77.8 Å². The first kappa shape index (κ1) is 24.4. The first-order chi connectivity index (χ1) is 15.1. The van der Waals surface area contributed by atoms with Crippen LogP contribution in [0.25, 0.3) is 0 Å². The first-order valence-electron chi connectivity index (χ1n) is 11.9. The van der Waals surface area contributed by atoms with Gasteiger partial charge in [-0.05, 0) is 90.1 Å². The number of fused-ring (bicyclic) bond motifs is 2. The second kappa shape index (κ2) is 9.13. The van der Waals surface area contributed by atoms with Crippen molar-refractivity contribution in [1.82, 2.24) is 10.4 Å². The van der Waals surface area contributed by atoms with E-state index < -0.39 is 24.2 Å². The van der Waals surface area contributed by atoms with Crippen LogP contribution in [0.1, 0.15) is 59.1 Å². The van der Waals surface area contributed by atoms with E-state index >= 15 is 0 Å². The van der Waals surface area contributed by atoms with Crippen molar-refractivity contribution < 1.29 is 19.8 Å². The molecule has 0 radical (unpaired) electrons. The average Bonchev–Trinajstić information content (AvgIpc) is 3.14. The Kier molecular flexibility index (Phi) is 6.96. The number of aliphatic hydroxyl groups is 2. The third-order valence-electron chi connectivity index (χ3n) is 8.73. The van der Waals surface area contributed by atoms with E-state index in [4.69, 9.17) is 4.84 Å². The Hall–Kier alpha value is -0.740. The van der Waals surface area contributed by atoms with Gasteiger partial charge in [-0.2, -0.15) is 5.06 Å². The molecule has 0 aromatic heterocycles. The molecule has 3 aliphatic carbocycles. The van der Waals surface area contributed by atoms with E-state index in [1.807, 2.05) is 25.1 Å². The van der Waals surface area contributed by atoms with Crippen molar-refractivity contribution >= 4 is 28.5 Å². The molecule has 1 amide bonds. The Balaban J connectivity index is 1.58. The van der Waals surface area contributed by atoms with Gasteiger partial charge in [0.25, 0.3) is 0 Å². The van der Waals surface area contributed by atoms with E-state index in [0.29, 0.717) is 23.2 Å². The van der Waals surface area contributed by atoms with Crippen molar-refractivity contribution in [3.8, 4) is 0 Å². The number of nitrogens with zero attached hydrogens (tertiary/aromatic N) is 1. The van der Waals surface area contributed by atoms with Gasteiger partial charge in [-0.1, -0.05) is 32.9 Å². The fourth-order valence-corrected chi connectivity index (χ4v) is 7.11. The lowest BCUT2D eigenvalue weighted by atomic mass is 9.45. The molecule has 1 heterocycles. The molecule has 1 saturated heterocycles. The molecule has 6 nitrogen and oxygen atoms in total. The predicted molar refractivity (Wildman–Crippen MR) is 131 cm³/mol. The summed E-state index contributed by atoms with van der Waals surface area (Å²) in [6.45, 7) is 10.4. The van der Waals surface area contributed by atoms with Gasteiger partial charge in [-0.15, -0.1) is 0 Å². The quantitative estimate of drug-likeness (QED) is 0.468. The van der Waals surface area contributed by atoms with Crippen LogP contribution in [-0.4, -0.2) is 52.1 Å². The summed E-state index contributed by atoms with van der Waals surface area (Å²) in [5.41, 5.74) is 1.39. The van der Waals surface area contributed by atoms with E-state index in [0.717, 1.165) is 15.6 Å². The monoisotopic (exact) mass is 556 g/mol. The normalized spacial score (nSPS) is 38.1. The zero-order valence-corrected chi connectivity index (χ0v) is 21.8. The number of rotatable bonds is 6. The van der Waals surface area contributed by atoms with Gasteiger partial charge in [0.15, 0.2) is 0 Å². The highest BCUT2D eigenvalue weighted by Gasteiger charge is 2.57. The number of carbonyl (C=O) groups is 1. The number of amides is 1. The SMILES string of the molecule is CC1[C@@H](NC(=O)[C@@H]2[C@H]([C@H](C)O)C(CO)ON2C(C)c2cccc(I)c2)C[C@H]2C[C@@H]1C2(C)C. The molecule has 9 atom stereocenters. The molecule has 7 heteroatoms. The van der Waals surface area contributed by atoms with E-state index in [1.165, 1.54) is 6.42 Å². The van der Waals surface area contributed by atoms with Gasteiger partial charge >= 0.3 is 0 Å². The molecule has 0 spiro atoms. The third-order valence-corrected chi connectivity index (χ3v) is 9.40. The number of hydrogen-bond donors (Lipinski definition) is 3. The van der Waals surface area contributed by atoms with E-state index in [-0.39, 0.29) is 24.6 Å². The molecular weight excluding hydrogens is 519 g/mol. The molecule has 4 aliphatic rings. The zero-order chi connectivity index (χ0) is 23.4. The van der Waals surface area contributed by atoms with Gasteiger partial charge in [-0.25, -0.2) is 0 Å². The Bertz CT molecular complexity index is 847. The van der Waals surface area contributed by atoms with Crippen LogP contribution >= 0.6 is 22.6 Å². The van der Waals surface area contributed by atoms with Crippen LogP contribution in [0, 0.1) is 32.7 Å². The zero-order valence-electron chi connectivity index (χ0n) is 19.7. The minimum absolute atomic E-state index is 0.111. The molecule has 5 rings (SSSR count). The molecule has 2 bridgehead atoms. The van der Waals surface area contributed by atoms with E-state index in [2.05, 4.69) is 54.7 Å². The largest absolute Gasteiger partial charge is 0.394 e. The number of carbonyl (C=O) groups excluding carboxylic acids is 1. The summed E-state index contributed by atoms with van der Waals surface area (Å²) in [5.74, 6) is 1.08. The summed E-state index contributed by atoms with van der Waals surface area (Å²) < 4.78 is 1.11. The topological polar surface area (TPSA) is 82.0 Å². The summed E-state index contributed by atoms with van der Waals surface area (Å²) in [7, 11) is 0. The maximum absolute atomic E-state index is 13.7. The maximum Gasteiger partial charge on any atom is 0.240 e. The number of hydroxylamine groups is 2. The second-order valence-electron chi connectivity index (χ2n) is 10.8. The Morgan fingerprint density at radius 1 is 1.34 bits per heavy atom. The maximum atomic E-state index is 13.7. The van der Waals surface area contributed by atoms with Gasteiger partial charge < -0.3 is 15.5 Å². The average molecular weight is 556 g/mol. The molecule has 3 N–H and O–H groups in total. The van der Waals surface area contributed by atoms with Gasteiger partial charge in [0.2, 0.25) is 5.91 Å². The number of hydrogen-bond acceptors (Lipinski definition) is 5. The third kappa shape index (κ3) is 4.13. The Morgan fingerprint density at radius 3 is 2.62 bits per heavy atom. The van der Waals surface area contributed by atoms with Crippen LogP contribution in [0.3, 0.4) is 0 Å². The summed E-state index contributed by atoms with van der Waals surface area (Å²) in [4.78, 5) is 19.8. The lowest BCUT2D eigenvalue weighted by Crippen LogP contribution is -2.62. The van der Waals surface area contributed by atoms with Crippen molar-refractivity contribution in [3.05, 3.63) is 33.4 Å². The summed E-state index contributed by atoms with van der Waals surface area (Å²) >= 11 is 2.28. The standard InChI is InChI=1S/C25H37IN2O4/c1-13-19-10-17(25(19,4)5)11-20(13)27-24(31)23-22(15(3)30)21(12-29)32-28(23)14(2)16-7-6-8-18(26)9-16/h6-9,13-15,17,19-23,29-30H,10-12H2,1-5H3,(H,27,31)/t13?,14?,15-,17+,19-,20-,21?,22+,23-/m0/s1. The van der Waals surface area contributed by atoms with Crippen molar-refractivity contribution in [3.63, 3.8) is 0 Å². The fraction of sp³-hybridized carbons (Fsp3) is 0.720. The Labute approximate surface area is 205 Å². The predicted octanol–water partition coefficient (Wildman–Crippen LogP) is 3.51. The van der Waals surface area contributed by atoms with Crippen LogP contribution in [-0.2, 0) is 9.63 Å². The molecule has 3 unspecified atom stereocenters.